The second kappa shape index (κ2) is 7.58. The Labute approximate surface area is 133 Å². The monoisotopic (exact) mass is 319 g/mol. The van der Waals surface area contributed by atoms with Gasteiger partial charge in [0.1, 0.15) is 18.7 Å². The maximum Gasteiger partial charge on any atom is 0.287 e. The van der Waals surface area contributed by atoms with E-state index in [0.717, 1.165) is 12.3 Å². The van der Waals surface area contributed by atoms with Crippen LogP contribution in [-0.4, -0.2) is 12.5 Å². The number of benzene rings is 1. The molecule has 1 heterocycles. The van der Waals surface area contributed by atoms with E-state index in [1.807, 2.05) is 13.8 Å². The average Bonchev–Trinajstić information content (AvgIpc) is 2.52. The first kappa shape index (κ1) is 16.7. The van der Waals surface area contributed by atoms with Crippen LogP contribution in [0.15, 0.2) is 45.8 Å². The van der Waals surface area contributed by atoms with E-state index in [2.05, 4.69) is 5.32 Å². The number of carbonyl (C=O) groups excluding carboxylic acids is 1. The zero-order valence-corrected chi connectivity index (χ0v) is 13.0. The van der Waals surface area contributed by atoms with Gasteiger partial charge >= 0.3 is 0 Å². The molecule has 0 radical (unpaired) electrons. The van der Waals surface area contributed by atoms with E-state index in [-0.39, 0.29) is 24.0 Å². The quantitative estimate of drug-likeness (QED) is 0.889. The molecule has 1 amide bonds. The van der Waals surface area contributed by atoms with E-state index in [9.17, 15) is 14.0 Å². The lowest BCUT2D eigenvalue weighted by atomic mass is 10.2. The first-order valence-corrected chi connectivity index (χ1v) is 7.24. The van der Waals surface area contributed by atoms with Gasteiger partial charge in [-0.1, -0.05) is 32.0 Å². The first-order chi connectivity index (χ1) is 11.0. The normalized spacial score (nSPS) is 10.6. The van der Waals surface area contributed by atoms with E-state index in [1.54, 1.807) is 18.2 Å². The molecule has 1 N–H and O–H groups in total. The minimum absolute atomic E-state index is 0.0753. The highest BCUT2D eigenvalue weighted by Gasteiger charge is 2.12. The third kappa shape index (κ3) is 4.67. The molecule has 0 bridgehead atoms. The van der Waals surface area contributed by atoms with Gasteiger partial charge in [-0.25, -0.2) is 4.39 Å². The van der Waals surface area contributed by atoms with Crippen LogP contribution >= 0.6 is 0 Å². The molecule has 0 unspecified atom stereocenters. The van der Waals surface area contributed by atoms with Crippen molar-refractivity contribution in [2.75, 3.05) is 6.54 Å². The maximum atomic E-state index is 13.5. The predicted molar refractivity (Wildman–Crippen MR) is 82.9 cm³/mol. The Morgan fingerprint density at radius 3 is 2.74 bits per heavy atom. The lowest BCUT2D eigenvalue weighted by Gasteiger charge is -2.08. The van der Waals surface area contributed by atoms with Crippen molar-refractivity contribution in [2.45, 2.75) is 20.5 Å². The molecule has 122 valence electrons. The molecule has 2 aromatic rings. The Morgan fingerprint density at radius 2 is 2.09 bits per heavy atom. The number of ether oxygens (including phenoxy) is 1. The van der Waals surface area contributed by atoms with Gasteiger partial charge in [0.2, 0.25) is 11.2 Å². The first-order valence-electron chi connectivity index (χ1n) is 7.24. The van der Waals surface area contributed by atoms with E-state index < -0.39 is 17.2 Å². The van der Waals surface area contributed by atoms with Crippen molar-refractivity contribution >= 4 is 5.91 Å². The van der Waals surface area contributed by atoms with E-state index in [1.165, 1.54) is 6.07 Å². The highest BCUT2D eigenvalue weighted by molar-refractivity contribution is 5.91. The number of halogens is 1. The van der Waals surface area contributed by atoms with Gasteiger partial charge in [0.25, 0.3) is 5.91 Å². The molecule has 1 aromatic carbocycles. The smallest absolute Gasteiger partial charge is 0.287 e. The molecule has 0 aliphatic rings. The molecule has 6 heteroatoms. The molecule has 2 rings (SSSR count). The van der Waals surface area contributed by atoms with Gasteiger partial charge in [0.05, 0.1) is 0 Å². The fraction of sp³-hybridized carbons (Fsp3) is 0.294. The lowest BCUT2D eigenvalue weighted by Crippen LogP contribution is -2.28. The van der Waals surface area contributed by atoms with E-state index in [4.69, 9.17) is 9.15 Å². The van der Waals surface area contributed by atoms with Crippen LogP contribution in [0.5, 0.6) is 5.75 Å². The van der Waals surface area contributed by atoms with Gasteiger partial charge in [-0.05, 0) is 12.0 Å². The summed E-state index contributed by atoms with van der Waals surface area (Å²) in [6.07, 6.45) is 1.06. The Morgan fingerprint density at radius 1 is 1.35 bits per heavy atom. The van der Waals surface area contributed by atoms with Crippen LogP contribution in [0.1, 0.15) is 30.0 Å². The SMILES string of the molecule is CC(C)CNC(=O)c1cc(=O)c(OCc2ccccc2F)co1. The zero-order chi connectivity index (χ0) is 16.8. The summed E-state index contributed by atoms with van der Waals surface area (Å²) in [5.74, 6) is -0.755. The maximum absolute atomic E-state index is 13.5. The van der Waals surface area contributed by atoms with Gasteiger partial charge in [0.15, 0.2) is 5.76 Å². The number of hydrogen-bond acceptors (Lipinski definition) is 4. The molecule has 0 fully saturated rings. The summed E-state index contributed by atoms with van der Waals surface area (Å²) >= 11 is 0. The van der Waals surface area contributed by atoms with Crippen LogP contribution in [0.25, 0.3) is 0 Å². The molecule has 0 aliphatic carbocycles. The zero-order valence-electron chi connectivity index (χ0n) is 13.0. The Bertz CT molecular complexity index is 739. The summed E-state index contributed by atoms with van der Waals surface area (Å²) in [6, 6.07) is 7.17. The molecule has 0 atom stereocenters. The van der Waals surface area contributed by atoms with Crippen molar-refractivity contribution < 1.29 is 18.3 Å². The van der Waals surface area contributed by atoms with Gasteiger partial charge in [-0.2, -0.15) is 0 Å². The van der Waals surface area contributed by atoms with Crippen LogP contribution in [0.4, 0.5) is 4.39 Å². The van der Waals surface area contributed by atoms with E-state index in [0.29, 0.717) is 12.1 Å². The van der Waals surface area contributed by atoms with Crippen LogP contribution in [0.2, 0.25) is 0 Å². The minimum Gasteiger partial charge on any atom is -0.482 e. The van der Waals surface area contributed by atoms with Crippen molar-refractivity contribution in [3.63, 3.8) is 0 Å². The average molecular weight is 319 g/mol. The van der Waals surface area contributed by atoms with Crippen LogP contribution < -0.4 is 15.5 Å². The number of amides is 1. The van der Waals surface area contributed by atoms with Crippen molar-refractivity contribution in [1.82, 2.24) is 5.32 Å². The predicted octanol–water partition coefficient (Wildman–Crippen LogP) is 2.74. The Kier molecular flexibility index (Phi) is 5.51. The highest BCUT2D eigenvalue weighted by Crippen LogP contribution is 2.11. The number of carbonyl (C=O) groups is 1. The minimum atomic E-state index is -0.498. The molecule has 0 aliphatic heterocycles. The Balaban J connectivity index is 2.03. The number of hydrogen-bond donors (Lipinski definition) is 1. The van der Waals surface area contributed by atoms with Gasteiger partial charge < -0.3 is 14.5 Å². The molecule has 0 saturated carbocycles. The van der Waals surface area contributed by atoms with Crippen molar-refractivity contribution in [3.05, 3.63) is 64.0 Å². The van der Waals surface area contributed by atoms with Crippen molar-refractivity contribution in [1.29, 1.82) is 0 Å². The summed E-state index contributed by atoms with van der Waals surface area (Å²) in [7, 11) is 0. The fourth-order valence-electron chi connectivity index (χ4n) is 1.78. The molecule has 1 aromatic heterocycles. The second-order valence-corrected chi connectivity index (χ2v) is 5.46. The van der Waals surface area contributed by atoms with Crippen LogP contribution in [-0.2, 0) is 6.61 Å². The molecular formula is C17H18FNO4. The number of nitrogens with one attached hydrogen (secondary N) is 1. The second-order valence-electron chi connectivity index (χ2n) is 5.46. The molecule has 0 spiro atoms. The number of rotatable bonds is 6. The molecule has 0 saturated heterocycles. The van der Waals surface area contributed by atoms with Crippen LogP contribution in [0, 0.1) is 11.7 Å². The lowest BCUT2D eigenvalue weighted by molar-refractivity contribution is 0.0917. The van der Waals surface area contributed by atoms with Crippen molar-refractivity contribution in [3.8, 4) is 5.75 Å². The van der Waals surface area contributed by atoms with Gasteiger partial charge in [0, 0.05) is 18.2 Å². The summed E-state index contributed by atoms with van der Waals surface area (Å²) in [4.78, 5) is 23.7. The molecule has 5 nitrogen and oxygen atoms in total. The Hall–Kier alpha value is -2.63. The largest absolute Gasteiger partial charge is 0.482 e. The summed E-state index contributed by atoms with van der Waals surface area (Å²) in [5.41, 5.74) is -0.173. The summed E-state index contributed by atoms with van der Waals surface area (Å²) < 4.78 is 23.9. The van der Waals surface area contributed by atoms with Gasteiger partial charge in [-0.3, -0.25) is 9.59 Å². The molecule has 23 heavy (non-hydrogen) atoms. The fourth-order valence-corrected chi connectivity index (χ4v) is 1.78. The van der Waals surface area contributed by atoms with E-state index >= 15 is 0 Å². The van der Waals surface area contributed by atoms with Gasteiger partial charge in [-0.15, -0.1) is 0 Å². The van der Waals surface area contributed by atoms with Crippen molar-refractivity contribution in [2.24, 2.45) is 5.92 Å². The third-order valence-electron chi connectivity index (χ3n) is 3.03. The molecular weight excluding hydrogens is 301 g/mol. The highest BCUT2D eigenvalue weighted by atomic mass is 19.1. The third-order valence-corrected chi connectivity index (χ3v) is 3.03. The summed E-state index contributed by atoms with van der Waals surface area (Å²) in [6.45, 7) is 4.29. The van der Waals surface area contributed by atoms with Crippen LogP contribution in [0.3, 0.4) is 0 Å². The standard InChI is InChI=1S/C17H18FNO4/c1-11(2)8-19-17(21)15-7-14(20)16(10-23-15)22-9-12-5-3-4-6-13(12)18/h3-7,10-11H,8-9H2,1-2H3,(H,19,21). The summed E-state index contributed by atoms with van der Waals surface area (Å²) in [5, 5.41) is 2.65. The topological polar surface area (TPSA) is 68.5 Å².